The summed E-state index contributed by atoms with van der Waals surface area (Å²) in [7, 11) is 1.78. The molecule has 0 spiro atoms. The van der Waals surface area contributed by atoms with E-state index in [0.29, 0.717) is 16.8 Å². The zero-order valence-corrected chi connectivity index (χ0v) is 13.9. The number of thioether (sulfide) groups is 1. The molecule has 21 heavy (non-hydrogen) atoms. The Hall–Kier alpha value is -1.24. The van der Waals surface area contributed by atoms with E-state index in [1.807, 2.05) is 25.6 Å². The minimum Gasteiger partial charge on any atom is -0.361 e. The van der Waals surface area contributed by atoms with Crippen LogP contribution in [0.5, 0.6) is 0 Å². The first-order valence-electron chi connectivity index (χ1n) is 7.46. The maximum atomic E-state index is 11.5. The van der Waals surface area contributed by atoms with Gasteiger partial charge in [-0.3, -0.25) is 10.1 Å². The number of nitrogens with zero attached hydrogens (tertiary/aromatic N) is 3. The average molecular weight is 312 g/mol. The lowest BCUT2D eigenvalue weighted by Gasteiger charge is -2.31. The first kappa shape index (κ1) is 16.1. The van der Waals surface area contributed by atoms with Crippen molar-refractivity contribution in [3.8, 4) is 0 Å². The monoisotopic (exact) mass is 312 g/mol. The predicted molar refractivity (Wildman–Crippen MR) is 87.1 cm³/mol. The average Bonchev–Trinajstić information content (AvgIpc) is 2.77. The van der Waals surface area contributed by atoms with E-state index in [-0.39, 0.29) is 22.6 Å². The summed E-state index contributed by atoms with van der Waals surface area (Å²) in [5.41, 5.74) is 0.694. The number of rotatable bonds is 5. The van der Waals surface area contributed by atoms with Crippen molar-refractivity contribution >= 4 is 23.3 Å². The molecule has 1 aromatic heterocycles. The molecule has 1 aliphatic carbocycles. The van der Waals surface area contributed by atoms with Gasteiger partial charge in [-0.2, -0.15) is 16.9 Å². The number of anilines is 1. The standard InChI is InChI=1S/C14H24N4O2S/c1-9(2)12-13(18(19)20)14(17(3)16-12)15-10-7-5-6-8-11(10)21-4/h9-11,15H,5-8H2,1-4H3. The van der Waals surface area contributed by atoms with Gasteiger partial charge in [0.05, 0.1) is 4.92 Å². The molecule has 0 radical (unpaired) electrons. The molecular formula is C14H24N4O2S. The normalized spacial score (nSPS) is 22.5. The summed E-state index contributed by atoms with van der Waals surface area (Å²) >= 11 is 1.84. The van der Waals surface area contributed by atoms with Crippen LogP contribution in [0.3, 0.4) is 0 Å². The van der Waals surface area contributed by atoms with Crippen molar-refractivity contribution in [2.45, 2.75) is 56.7 Å². The third-order valence-electron chi connectivity index (χ3n) is 4.11. The summed E-state index contributed by atoms with van der Waals surface area (Å²) in [4.78, 5) is 11.2. The summed E-state index contributed by atoms with van der Waals surface area (Å²) in [5, 5.41) is 19.7. The second-order valence-corrected chi connectivity index (χ2v) is 7.00. The van der Waals surface area contributed by atoms with Crippen molar-refractivity contribution in [2.24, 2.45) is 7.05 Å². The van der Waals surface area contributed by atoms with Gasteiger partial charge in [-0.1, -0.05) is 26.7 Å². The first-order chi connectivity index (χ1) is 9.95. The van der Waals surface area contributed by atoms with Crippen LogP contribution in [0.25, 0.3) is 0 Å². The summed E-state index contributed by atoms with van der Waals surface area (Å²) in [6, 6.07) is 0.280. The Labute approximate surface area is 129 Å². The predicted octanol–water partition coefficient (Wildman–Crippen LogP) is 3.54. The maximum absolute atomic E-state index is 11.5. The number of hydrogen-bond acceptors (Lipinski definition) is 5. The third kappa shape index (κ3) is 3.33. The van der Waals surface area contributed by atoms with Crippen LogP contribution in [0.1, 0.15) is 51.1 Å². The van der Waals surface area contributed by atoms with Crippen molar-refractivity contribution in [1.29, 1.82) is 0 Å². The molecule has 1 fully saturated rings. The molecule has 2 atom stereocenters. The zero-order chi connectivity index (χ0) is 15.6. The molecule has 1 saturated carbocycles. The number of hydrogen-bond donors (Lipinski definition) is 1. The van der Waals surface area contributed by atoms with E-state index in [0.717, 1.165) is 6.42 Å². The minimum atomic E-state index is -0.304. The van der Waals surface area contributed by atoms with E-state index in [1.54, 1.807) is 11.7 Å². The molecule has 7 heteroatoms. The molecule has 0 aromatic carbocycles. The van der Waals surface area contributed by atoms with Crippen molar-refractivity contribution in [2.75, 3.05) is 11.6 Å². The summed E-state index contributed by atoms with van der Waals surface area (Å²) in [5.74, 6) is 0.588. The molecule has 1 heterocycles. The highest BCUT2D eigenvalue weighted by molar-refractivity contribution is 7.99. The maximum Gasteiger partial charge on any atom is 0.334 e. The zero-order valence-electron chi connectivity index (χ0n) is 13.1. The minimum absolute atomic E-state index is 0.0369. The molecule has 1 N–H and O–H groups in total. The van der Waals surface area contributed by atoms with Crippen molar-refractivity contribution in [3.05, 3.63) is 15.8 Å². The fraction of sp³-hybridized carbons (Fsp3) is 0.786. The Kier molecular flexibility index (Phi) is 5.13. The number of nitro groups is 1. The van der Waals surface area contributed by atoms with Gasteiger partial charge in [-0.15, -0.1) is 0 Å². The van der Waals surface area contributed by atoms with Crippen LogP contribution >= 0.6 is 11.8 Å². The van der Waals surface area contributed by atoms with Gasteiger partial charge in [0.1, 0.15) is 5.69 Å². The number of aromatic nitrogens is 2. The SMILES string of the molecule is CSC1CCCCC1Nc1c([N+](=O)[O-])c(C(C)C)nn1C. The molecule has 6 nitrogen and oxygen atoms in total. The van der Waals surface area contributed by atoms with Gasteiger partial charge < -0.3 is 5.32 Å². The Morgan fingerprint density at radius 3 is 2.67 bits per heavy atom. The molecule has 1 aliphatic rings. The molecule has 2 rings (SSSR count). The number of nitrogens with one attached hydrogen (secondary N) is 1. The van der Waals surface area contributed by atoms with E-state index in [2.05, 4.69) is 16.7 Å². The van der Waals surface area contributed by atoms with E-state index in [4.69, 9.17) is 0 Å². The molecule has 0 amide bonds. The van der Waals surface area contributed by atoms with Gasteiger partial charge in [0.25, 0.3) is 0 Å². The van der Waals surface area contributed by atoms with Crippen LogP contribution in [0.2, 0.25) is 0 Å². The van der Waals surface area contributed by atoms with Gasteiger partial charge >= 0.3 is 5.69 Å². The smallest absolute Gasteiger partial charge is 0.334 e. The van der Waals surface area contributed by atoms with Gasteiger partial charge in [-0.05, 0) is 19.1 Å². The highest BCUT2D eigenvalue weighted by atomic mass is 32.2. The molecule has 0 bridgehead atoms. The van der Waals surface area contributed by atoms with Crippen LogP contribution in [-0.2, 0) is 7.05 Å². The lowest BCUT2D eigenvalue weighted by atomic mass is 9.95. The Morgan fingerprint density at radius 2 is 2.10 bits per heavy atom. The van der Waals surface area contributed by atoms with Crippen molar-refractivity contribution in [3.63, 3.8) is 0 Å². The summed E-state index contributed by atoms with van der Waals surface area (Å²) in [6.07, 6.45) is 6.76. The third-order valence-corrected chi connectivity index (χ3v) is 5.27. The van der Waals surface area contributed by atoms with Gasteiger partial charge in [0.2, 0.25) is 5.82 Å². The molecular weight excluding hydrogens is 288 g/mol. The molecule has 2 unspecified atom stereocenters. The quantitative estimate of drug-likeness (QED) is 0.665. The number of aryl methyl sites for hydroxylation is 1. The van der Waals surface area contributed by atoms with E-state index in [9.17, 15) is 10.1 Å². The van der Waals surface area contributed by atoms with Crippen molar-refractivity contribution < 1.29 is 4.92 Å². The van der Waals surface area contributed by atoms with Crippen LogP contribution in [-0.4, -0.2) is 32.3 Å². The second kappa shape index (κ2) is 6.68. The summed E-state index contributed by atoms with van der Waals surface area (Å²) < 4.78 is 1.62. The van der Waals surface area contributed by atoms with Crippen LogP contribution < -0.4 is 5.32 Å². The summed E-state index contributed by atoms with van der Waals surface area (Å²) in [6.45, 7) is 3.87. The Morgan fingerprint density at radius 1 is 1.43 bits per heavy atom. The van der Waals surface area contributed by atoms with Gasteiger partial charge in [0.15, 0.2) is 0 Å². The van der Waals surface area contributed by atoms with E-state index in [1.165, 1.54) is 19.3 Å². The van der Waals surface area contributed by atoms with Crippen molar-refractivity contribution in [1.82, 2.24) is 9.78 Å². The highest BCUT2D eigenvalue weighted by Gasteiger charge is 2.32. The molecule has 118 valence electrons. The molecule has 0 saturated heterocycles. The Bertz CT molecular complexity index is 515. The van der Waals surface area contributed by atoms with E-state index >= 15 is 0 Å². The highest BCUT2D eigenvalue weighted by Crippen LogP contribution is 2.36. The first-order valence-corrected chi connectivity index (χ1v) is 8.75. The molecule has 0 aliphatic heterocycles. The largest absolute Gasteiger partial charge is 0.361 e. The topological polar surface area (TPSA) is 73.0 Å². The molecule has 1 aromatic rings. The fourth-order valence-electron chi connectivity index (χ4n) is 2.98. The van der Waals surface area contributed by atoms with Gasteiger partial charge in [0, 0.05) is 24.3 Å². The fourth-order valence-corrected chi connectivity index (χ4v) is 3.92. The van der Waals surface area contributed by atoms with Crippen LogP contribution in [0, 0.1) is 10.1 Å². The van der Waals surface area contributed by atoms with Crippen LogP contribution in [0.15, 0.2) is 0 Å². The van der Waals surface area contributed by atoms with Gasteiger partial charge in [-0.25, -0.2) is 4.68 Å². The Balaban J connectivity index is 2.32. The van der Waals surface area contributed by atoms with E-state index < -0.39 is 0 Å². The second-order valence-electron chi connectivity index (χ2n) is 5.93. The lowest BCUT2D eigenvalue weighted by molar-refractivity contribution is -0.384. The lowest BCUT2D eigenvalue weighted by Crippen LogP contribution is -2.35. The van der Waals surface area contributed by atoms with Crippen LogP contribution in [0.4, 0.5) is 11.5 Å².